The van der Waals surface area contributed by atoms with Gasteiger partial charge in [0, 0.05) is 25.6 Å². The summed E-state index contributed by atoms with van der Waals surface area (Å²) in [5.41, 5.74) is 4.53. The molecule has 2 heterocycles. The quantitative estimate of drug-likeness (QED) is 0.498. The molecule has 1 fully saturated rings. The van der Waals surface area contributed by atoms with Crippen LogP contribution >= 0.6 is 0 Å². The number of hydrogen-bond donors (Lipinski definition) is 3. The third-order valence-corrected chi connectivity index (χ3v) is 6.34. The first-order valence-corrected chi connectivity index (χ1v) is 11.2. The molecule has 2 atom stereocenters. The Morgan fingerprint density at radius 1 is 1.11 bits per heavy atom. The summed E-state index contributed by atoms with van der Waals surface area (Å²) in [5.74, 6) is -1.49. The summed E-state index contributed by atoms with van der Waals surface area (Å²) in [7, 11) is 1.58. The van der Waals surface area contributed by atoms with Crippen molar-refractivity contribution in [1.29, 1.82) is 0 Å². The number of anilines is 1. The summed E-state index contributed by atoms with van der Waals surface area (Å²) in [6.07, 6.45) is -1.38. The minimum Gasteiger partial charge on any atom is -0.479 e. The zero-order chi connectivity index (χ0) is 24.5. The third kappa shape index (κ3) is 4.35. The van der Waals surface area contributed by atoms with Crippen LogP contribution in [0.15, 0.2) is 54.6 Å². The summed E-state index contributed by atoms with van der Waals surface area (Å²) in [4.78, 5) is 36.4. The van der Waals surface area contributed by atoms with Gasteiger partial charge in [-0.3, -0.25) is 14.8 Å². The van der Waals surface area contributed by atoms with Crippen molar-refractivity contribution in [3.63, 3.8) is 0 Å². The Balaban J connectivity index is 1.22. The molecule has 0 spiro atoms. The van der Waals surface area contributed by atoms with Crippen molar-refractivity contribution in [3.8, 4) is 11.1 Å². The van der Waals surface area contributed by atoms with E-state index in [1.807, 2.05) is 36.4 Å². The number of ether oxygens (including phenoxy) is 2. The van der Waals surface area contributed by atoms with Gasteiger partial charge in [-0.25, -0.2) is 9.59 Å². The maximum atomic E-state index is 12.6. The normalized spacial score (nSPS) is 18.5. The lowest BCUT2D eigenvalue weighted by atomic mass is 9.98. The minimum absolute atomic E-state index is 0.0393. The molecule has 1 saturated heterocycles. The van der Waals surface area contributed by atoms with Crippen LogP contribution in [0.2, 0.25) is 0 Å². The number of carbonyl (C=O) groups excluding carboxylic acids is 2. The SMILES string of the molecule is Cn1nc(C(=O)N[C@H]2CCO[C@H]2C(=O)O)cc1NC(=O)OCC1c2ccccc2-c2ccccc21. The van der Waals surface area contributed by atoms with Crippen molar-refractivity contribution >= 4 is 23.8 Å². The molecular weight excluding hydrogens is 452 g/mol. The Morgan fingerprint density at radius 3 is 2.43 bits per heavy atom. The second-order valence-corrected chi connectivity index (χ2v) is 8.49. The maximum absolute atomic E-state index is 12.6. The summed E-state index contributed by atoms with van der Waals surface area (Å²) < 4.78 is 12.0. The number of hydrogen-bond acceptors (Lipinski definition) is 6. The summed E-state index contributed by atoms with van der Waals surface area (Å²) in [6.45, 7) is 0.405. The van der Waals surface area contributed by atoms with Gasteiger partial charge in [-0.05, 0) is 28.7 Å². The molecule has 180 valence electrons. The number of nitrogens with zero attached hydrogens (tertiary/aromatic N) is 2. The molecule has 2 aromatic carbocycles. The topological polar surface area (TPSA) is 132 Å². The molecule has 10 nitrogen and oxygen atoms in total. The lowest BCUT2D eigenvalue weighted by Gasteiger charge is -2.15. The van der Waals surface area contributed by atoms with Crippen molar-refractivity contribution in [2.45, 2.75) is 24.5 Å². The maximum Gasteiger partial charge on any atom is 0.412 e. The zero-order valence-corrected chi connectivity index (χ0v) is 18.9. The van der Waals surface area contributed by atoms with Crippen LogP contribution in [0, 0.1) is 0 Å². The fraction of sp³-hybridized carbons (Fsp3) is 0.280. The number of amides is 2. The molecule has 5 rings (SSSR count). The van der Waals surface area contributed by atoms with Crippen LogP contribution in [0.25, 0.3) is 11.1 Å². The first kappa shape index (κ1) is 22.6. The number of aromatic nitrogens is 2. The van der Waals surface area contributed by atoms with Gasteiger partial charge in [0.05, 0.1) is 6.04 Å². The van der Waals surface area contributed by atoms with Gasteiger partial charge in [0.25, 0.3) is 5.91 Å². The van der Waals surface area contributed by atoms with E-state index in [2.05, 4.69) is 27.9 Å². The van der Waals surface area contributed by atoms with Crippen LogP contribution in [0.1, 0.15) is 34.0 Å². The van der Waals surface area contributed by atoms with Gasteiger partial charge in [0.15, 0.2) is 11.8 Å². The van der Waals surface area contributed by atoms with Gasteiger partial charge in [0.1, 0.15) is 12.4 Å². The number of rotatable bonds is 6. The highest BCUT2D eigenvalue weighted by atomic mass is 16.5. The average molecular weight is 476 g/mol. The zero-order valence-electron chi connectivity index (χ0n) is 18.9. The molecule has 1 aliphatic carbocycles. The van der Waals surface area contributed by atoms with Crippen molar-refractivity contribution < 1.29 is 29.0 Å². The standard InChI is InChI=1S/C25H24N4O6/c1-29-21(12-20(28-29)23(30)26-19-10-11-34-22(19)24(31)32)27-25(33)35-13-18-16-8-4-2-6-14(16)15-7-3-5-9-17(15)18/h2-9,12,18-19,22H,10-11,13H2,1H3,(H,26,30)(H,27,33)(H,31,32)/t19-,22+/m0/s1. The summed E-state index contributed by atoms with van der Waals surface area (Å²) in [6, 6.07) is 16.9. The van der Waals surface area contributed by atoms with Crippen molar-refractivity contribution in [3.05, 3.63) is 71.4 Å². The number of nitrogens with one attached hydrogen (secondary N) is 2. The van der Waals surface area contributed by atoms with E-state index in [1.54, 1.807) is 7.05 Å². The molecule has 3 aromatic rings. The van der Waals surface area contributed by atoms with Crippen LogP contribution in [0.4, 0.5) is 10.6 Å². The second-order valence-electron chi connectivity index (χ2n) is 8.49. The fourth-order valence-electron chi connectivity index (χ4n) is 4.66. The van der Waals surface area contributed by atoms with Gasteiger partial charge < -0.3 is 19.9 Å². The second kappa shape index (κ2) is 9.22. The largest absolute Gasteiger partial charge is 0.479 e. The molecule has 2 amide bonds. The van der Waals surface area contributed by atoms with E-state index in [9.17, 15) is 19.5 Å². The van der Waals surface area contributed by atoms with E-state index in [1.165, 1.54) is 10.7 Å². The molecule has 10 heteroatoms. The van der Waals surface area contributed by atoms with Crippen LogP contribution < -0.4 is 10.6 Å². The van der Waals surface area contributed by atoms with Crippen molar-refractivity contribution in [2.24, 2.45) is 7.05 Å². The van der Waals surface area contributed by atoms with Gasteiger partial charge in [-0.15, -0.1) is 0 Å². The molecule has 1 aliphatic heterocycles. The molecule has 3 N–H and O–H groups in total. The predicted molar refractivity (Wildman–Crippen MR) is 125 cm³/mol. The Labute approximate surface area is 200 Å². The Kier molecular flexibility index (Phi) is 5.96. The number of carboxylic acid groups (broad SMARTS) is 1. The summed E-state index contributed by atoms with van der Waals surface area (Å²) in [5, 5.41) is 18.6. The molecular formula is C25H24N4O6. The number of carbonyl (C=O) groups is 3. The highest BCUT2D eigenvalue weighted by Crippen LogP contribution is 2.44. The molecule has 1 aromatic heterocycles. The van der Waals surface area contributed by atoms with E-state index in [0.717, 1.165) is 22.3 Å². The van der Waals surface area contributed by atoms with Gasteiger partial charge >= 0.3 is 12.1 Å². The smallest absolute Gasteiger partial charge is 0.412 e. The molecule has 0 radical (unpaired) electrons. The van der Waals surface area contributed by atoms with Gasteiger partial charge in [0.2, 0.25) is 0 Å². The molecule has 0 saturated carbocycles. The highest BCUT2D eigenvalue weighted by Gasteiger charge is 2.36. The minimum atomic E-state index is -1.13. The molecule has 35 heavy (non-hydrogen) atoms. The van der Waals surface area contributed by atoms with Crippen molar-refractivity contribution in [1.82, 2.24) is 15.1 Å². The fourth-order valence-corrected chi connectivity index (χ4v) is 4.66. The van der Waals surface area contributed by atoms with Crippen LogP contribution in [0.5, 0.6) is 0 Å². The van der Waals surface area contributed by atoms with Gasteiger partial charge in [-0.2, -0.15) is 5.10 Å². The van der Waals surface area contributed by atoms with Gasteiger partial charge in [-0.1, -0.05) is 48.5 Å². The van der Waals surface area contributed by atoms with E-state index in [-0.39, 0.29) is 30.6 Å². The number of fused-ring (bicyclic) bond motifs is 3. The lowest BCUT2D eigenvalue weighted by Crippen LogP contribution is -2.44. The monoisotopic (exact) mass is 476 g/mol. The average Bonchev–Trinajstić information content (AvgIpc) is 3.54. The van der Waals surface area contributed by atoms with Crippen LogP contribution in [0.3, 0.4) is 0 Å². The Morgan fingerprint density at radius 2 is 1.77 bits per heavy atom. The lowest BCUT2D eigenvalue weighted by molar-refractivity contribution is -0.148. The summed E-state index contributed by atoms with van der Waals surface area (Å²) >= 11 is 0. The first-order chi connectivity index (χ1) is 16.9. The highest BCUT2D eigenvalue weighted by molar-refractivity contribution is 5.95. The Bertz CT molecular complexity index is 1260. The number of aryl methyl sites for hydroxylation is 1. The van der Waals surface area contributed by atoms with Crippen LogP contribution in [-0.2, 0) is 21.3 Å². The van der Waals surface area contributed by atoms with Crippen molar-refractivity contribution in [2.75, 3.05) is 18.5 Å². The first-order valence-electron chi connectivity index (χ1n) is 11.2. The van der Waals surface area contributed by atoms with Crippen LogP contribution in [-0.4, -0.2) is 58.2 Å². The Hall–Kier alpha value is -4.18. The third-order valence-electron chi connectivity index (χ3n) is 6.34. The number of aliphatic carboxylic acids is 1. The number of benzene rings is 2. The predicted octanol–water partition coefficient (Wildman–Crippen LogP) is 2.75. The molecule has 0 unspecified atom stereocenters. The van der Waals surface area contributed by atoms with E-state index < -0.39 is 30.1 Å². The number of carboxylic acids is 1. The van der Waals surface area contributed by atoms with E-state index >= 15 is 0 Å². The molecule has 0 bridgehead atoms. The van der Waals surface area contributed by atoms with E-state index in [4.69, 9.17) is 9.47 Å². The molecule has 2 aliphatic rings. The van der Waals surface area contributed by atoms with E-state index in [0.29, 0.717) is 6.42 Å².